The third-order valence-electron chi connectivity index (χ3n) is 4.12. The SMILES string of the molecule is NC1CCCc2c1ccn2CC1CCCCS1. The van der Waals surface area contributed by atoms with Gasteiger partial charge in [0.05, 0.1) is 0 Å². The van der Waals surface area contributed by atoms with Crippen molar-refractivity contribution in [2.75, 3.05) is 5.75 Å². The van der Waals surface area contributed by atoms with E-state index in [9.17, 15) is 0 Å². The zero-order valence-electron chi connectivity index (χ0n) is 10.4. The molecule has 0 bridgehead atoms. The van der Waals surface area contributed by atoms with Crippen LogP contribution in [0.4, 0.5) is 0 Å². The minimum Gasteiger partial charge on any atom is -0.350 e. The maximum Gasteiger partial charge on any atom is 0.0341 e. The van der Waals surface area contributed by atoms with Gasteiger partial charge >= 0.3 is 0 Å². The molecule has 1 aliphatic heterocycles. The van der Waals surface area contributed by atoms with Crippen LogP contribution < -0.4 is 5.73 Å². The minimum absolute atomic E-state index is 0.291. The summed E-state index contributed by atoms with van der Waals surface area (Å²) in [4.78, 5) is 0. The van der Waals surface area contributed by atoms with E-state index in [1.165, 1.54) is 55.7 Å². The first kappa shape index (κ1) is 11.7. The average Bonchev–Trinajstić information content (AvgIpc) is 2.76. The number of rotatable bonds is 2. The molecule has 2 nitrogen and oxygen atoms in total. The van der Waals surface area contributed by atoms with Crippen LogP contribution in [0.5, 0.6) is 0 Å². The van der Waals surface area contributed by atoms with E-state index in [4.69, 9.17) is 5.73 Å². The predicted octanol–water partition coefficient (Wildman–Crippen LogP) is 3.11. The van der Waals surface area contributed by atoms with Gasteiger partial charge in [0.15, 0.2) is 0 Å². The van der Waals surface area contributed by atoms with Crippen molar-refractivity contribution in [2.45, 2.75) is 56.4 Å². The summed E-state index contributed by atoms with van der Waals surface area (Å²) >= 11 is 2.16. The largest absolute Gasteiger partial charge is 0.350 e. The van der Waals surface area contributed by atoms with E-state index in [1.807, 2.05) is 0 Å². The molecule has 2 atom stereocenters. The van der Waals surface area contributed by atoms with Crippen LogP contribution >= 0.6 is 11.8 Å². The maximum absolute atomic E-state index is 6.17. The lowest BCUT2D eigenvalue weighted by atomic mass is 9.93. The van der Waals surface area contributed by atoms with Crippen LogP contribution in [0.1, 0.15) is 49.4 Å². The van der Waals surface area contributed by atoms with Crippen molar-refractivity contribution >= 4 is 11.8 Å². The zero-order valence-corrected chi connectivity index (χ0v) is 11.2. The Balaban J connectivity index is 1.74. The van der Waals surface area contributed by atoms with Crippen LogP contribution in [0.25, 0.3) is 0 Å². The first-order valence-corrected chi connectivity index (χ1v) is 7.94. The quantitative estimate of drug-likeness (QED) is 0.874. The zero-order chi connectivity index (χ0) is 11.7. The van der Waals surface area contributed by atoms with Gasteiger partial charge in [0.1, 0.15) is 0 Å². The first-order valence-electron chi connectivity index (χ1n) is 6.89. The molecule has 2 unspecified atom stereocenters. The van der Waals surface area contributed by atoms with E-state index < -0.39 is 0 Å². The lowest BCUT2D eigenvalue weighted by Crippen LogP contribution is -2.21. The Morgan fingerprint density at radius 3 is 3.06 bits per heavy atom. The molecule has 2 aliphatic rings. The normalized spacial score (nSPS) is 29.0. The van der Waals surface area contributed by atoms with E-state index in [0.717, 1.165) is 11.7 Å². The van der Waals surface area contributed by atoms with Crippen molar-refractivity contribution in [3.05, 3.63) is 23.5 Å². The Morgan fingerprint density at radius 2 is 2.24 bits per heavy atom. The molecule has 1 aromatic rings. The second-order valence-electron chi connectivity index (χ2n) is 5.36. The van der Waals surface area contributed by atoms with Crippen LogP contribution in [-0.4, -0.2) is 15.6 Å². The van der Waals surface area contributed by atoms with Gasteiger partial charge in [0.25, 0.3) is 0 Å². The van der Waals surface area contributed by atoms with Crippen LogP contribution in [0.2, 0.25) is 0 Å². The van der Waals surface area contributed by atoms with Crippen LogP contribution in [0, 0.1) is 0 Å². The molecule has 1 aromatic heterocycles. The highest BCUT2D eigenvalue weighted by Gasteiger charge is 2.22. The highest BCUT2D eigenvalue weighted by molar-refractivity contribution is 7.99. The number of aromatic nitrogens is 1. The van der Waals surface area contributed by atoms with Crippen molar-refractivity contribution in [1.29, 1.82) is 0 Å². The third kappa shape index (κ3) is 2.41. The van der Waals surface area contributed by atoms with Gasteiger partial charge in [-0.2, -0.15) is 11.8 Å². The summed E-state index contributed by atoms with van der Waals surface area (Å²) in [7, 11) is 0. The minimum atomic E-state index is 0.291. The molecule has 1 fully saturated rings. The Morgan fingerprint density at radius 1 is 1.29 bits per heavy atom. The topological polar surface area (TPSA) is 30.9 Å². The van der Waals surface area contributed by atoms with Crippen molar-refractivity contribution < 1.29 is 0 Å². The molecule has 2 heterocycles. The maximum atomic E-state index is 6.17. The number of nitrogens with two attached hydrogens (primary N) is 1. The molecule has 1 saturated heterocycles. The molecule has 0 saturated carbocycles. The van der Waals surface area contributed by atoms with Gasteiger partial charge in [0.2, 0.25) is 0 Å². The van der Waals surface area contributed by atoms with E-state index in [0.29, 0.717) is 6.04 Å². The number of thioether (sulfide) groups is 1. The molecule has 0 amide bonds. The lowest BCUT2D eigenvalue weighted by Gasteiger charge is -2.25. The monoisotopic (exact) mass is 250 g/mol. The molecule has 2 N–H and O–H groups in total. The van der Waals surface area contributed by atoms with Crippen molar-refractivity contribution in [3.63, 3.8) is 0 Å². The molecule has 94 valence electrons. The molecule has 0 radical (unpaired) electrons. The standard InChI is InChI=1S/C14H22N2S/c15-13-5-3-6-14-12(13)7-8-16(14)10-11-4-1-2-9-17-11/h7-8,11,13H,1-6,9-10,15H2. The first-order chi connectivity index (χ1) is 8.34. The summed E-state index contributed by atoms with van der Waals surface area (Å²) in [6.07, 6.45) is 10.1. The van der Waals surface area contributed by atoms with E-state index in [-0.39, 0.29) is 0 Å². The Kier molecular flexibility index (Phi) is 3.48. The summed E-state index contributed by atoms with van der Waals surface area (Å²) in [6.45, 7) is 1.20. The molecule has 0 aromatic carbocycles. The summed E-state index contributed by atoms with van der Waals surface area (Å²) < 4.78 is 2.48. The summed E-state index contributed by atoms with van der Waals surface area (Å²) in [5.41, 5.74) is 9.11. The van der Waals surface area contributed by atoms with Gasteiger partial charge in [-0.15, -0.1) is 0 Å². The summed E-state index contributed by atoms with van der Waals surface area (Å²) in [5, 5.41) is 0.832. The smallest absolute Gasteiger partial charge is 0.0341 e. The van der Waals surface area contributed by atoms with Crippen molar-refractivity contribution in [2.24, 2.45) is 5.73 Å². The number of hydrogen-bond donors (Lipinski definition) is 1. The lowest BCUT2D eigenvalue weighted by molar-refractivity contribution is 0.522. The fraction of sp³-hybridized carbons (Fsp3) is 0.714. The van der Waals surface area contributed by atoms with E-state index in [1.54, 1.807) is 0 Å². The van der Waals surface area contributed by atoms with Crippen LogP contribution in [0.15, 0.2) is 12.3 Å². The highest BCUT2D eigenvalue weighted by Crippen LogP contribution is 2.31. The van der Waals surface area contributed by atoms with Gasteiger partial charge in [-0.1, -0.05) is 6.42 Å². The Hall–Kier alpha value is -0.410. The van der Waals surface area contributed by atoms with Gasteiger partial charge < -0.3 is 10.3 Å². The number of fused-ring (bicyclic) bond motifs is 1. The molecular weight excluding hydrogens is 228 g/mol. The highest BCUT2D eigenvalue weighted by atomic mass is 32.2. The van der Waals surface area contributed by atoms with Gasteiger partial charge in [-0.25, -0.2) is 0 Å². The van der Waals surface area contributed by atoms with Crippen LogP contribution in [-0.2, 0) is 13.0 Å². The van der Waals surface area contributed by atoms with Crippen molar-refractivity contribution in [1.82, 2.24) is 4.57 Å². The fourth-order valence-electron chi connectivity index (χ4n) is 3.13. The number of hydrogen-bond acceptors (Lipinski definition) is 2. The second-order valence-corrected chi connectivity index (χ2v) is 6.77. The Bertz CT molecular complexity index is 380. The molecule has 0 spiro atoms. The molecule has 17 heavy (non-hydrogen) atoms. The molecule has 1 aliphatic carbocycles. The van der Waals surface area contributed by atoms with Crippen molar-refractivity contribution in [3.8, 4) is 0 Å². The van der Waals surface area contributed by atoms with E-state index >= 15 is 0 Å². The van der Waals surface area contributed by atoms with Gasteiger partial charge in [-0.3, -0.25) is 0 Å². The summed E-state index contributed by atoms with van der Waals surface area (Å²) in [6, 6.07) is 2.55. The fourth-order valence-corrected chi connectivity index (χ4v) is 4.44. The molecule has 3 heteroatoms. The Labute approximate surface area is 108 Å². The van der Waals surface area contributed by atoms with Gasteiger partial charge in [0, 0.05) is 29.7 Å². The predicted molar refractivity (Wildman–Crippen MR) is 74.4 cm³/mol. The van der Waals surface area contributed by atoms with E-state index in [2.05, 4.69) is 28.6 Å². The second kappa shape index (κ2) is 5.07. The number of nitrogens with zero attached hydrogens (tertiary/aromatic N) is 1. The molecule has 3 rings (SSSR count). The molecular formula is C14H22N2S. The third-order valence-corrected chi connectivity index (χ3v) is 5.50. The van der Waals surface area contributed by atoms with Gasteiger partial charge in [-0.05, 0) is 49.5 Å². The average molecular weight is 250 g/mol. The van der Waals surface area contributed by atoms with Crippen LogP contribution in [0.3, 0.4) is 0 Å². The summed E-state index contributed by atoms with van der Waals surface area (Å²) in [5.74, 6) is 1.35.